The van der Waals surface area contributed by atoms with Crippen LogP contribution in [0.2, 0.25) is 5.32 Å². The Bertz CT molecular complexity index is 681. The number of carbonyl (C=O) groups is 1. The average molecular weight is 495 g/mol. The summed E-state index contributed by atoms with van der Waals surface area (Å²) >= 11 is 0.319. The van der Waals surface area contributed by atoms with Crippen molar-refractivity contribution in [2.24, 2.45) is 0 Å². The zero-order valence-electron chi connectivity index (χ0n) is 22.3. The molecule has 0 aliphatic heterocycles. The maximum absolute atomic E-state index is 11.9. The molecule has 1 aromatic rings. The van der Waals surface area contributed by atoms with Crippen LogP contribution in [0.15, 0.2) is 12.1 Å². The Morgan fingerprint density at radius 3 is 1.77 bits per heavy atom. The summed E-state index contributed by atoms with van der Waals surface area (Å²) in [5, 5.41) is 4.32. The van der Waals surface area contributed by atoms with Crippen molar-refractivity contribution in [1.82, 2.24) is 5.32 Å². The maximum atomic E-state index is 11.9. The Kier molecular flexibility index (Phi) is 10.4. The fourth-order valence-electron chi connectivity index (χ4n) is 3.82. The summed E-state index contributed by atoms with van der Waals surface area (Å²) < 4.78 is 1.56. The van der Waals surface area contributed by atoms with E-state index in [4.69, 9.17) is 0 Å². The zero-order chi connectivity index (χ0) is 24.0. The molecule has 0 fully saturated rings. The van der Waals surface area contributed by atoms with Gasteiger partial charge in [-0.3, -0.25) is 0 Å². The molecule has 0 saturated heterocycles. The van der Waals surface area contributed by atoms with Crippen molar-refractivity contribution in [1.29, 1.82) is 0 Å². The third kappa shape index (κ3) is 9.30. The Morgan fingerprint density at radius 2 is 1.39 bits per heavy atom. The van der Waals surface area contributed by atoms with Gasteiger partial charge in [0.1, 0.15) is 0 Å². The van der Waals surface area contributed by atoms with Crippen molar-refractivity contribution in [2.45, 2.75) is 136 Å². The van der Waals surface area contributed by atoms with E-state index in [1.165, 1.54) is 42.4 Å². The molecular formula is C28H49NOSe. The zero-order valence-corrected chi connectivity index (χ0v) is 24.0. The van der Waals surface area contributed by atoms with Crippen LogP contribution >= 0.6 is 0 Å². The molecule has 0 bridgehead atoms. The first-order chi connectivity index (χ1) is 14.1. The van der Waals surface area contributed by atoms with E-state index in [0.717, 1.165) is 11.7 Å². The molecule has 2 nitrogen and oxygen atoms in total. The predicted octanol–water partition coefficient (Wildman–Crippen LogP) is 6.80. The number of benzene rings is 1. The van der Waals surface area contributed by atoms with Gasteiger partial charge in [0.05, 0.1) is 0 Å². The molecule has 31 heavy (non-hydrogen) atoms. The molecule has 178 valence electrons. The summed E-state index contributed by atoms with van der Waals surface area (Å²) in [6.07, 6.45) is 6.10. The van der Waals surface area contributed by atoms with Crippen LogP contribution in [0.1, 0.15) is 125 Å². The van der Waals surface area contributed by atoms with Crippen molar-refractivity contribution in [3.63, 3.8) is 0 Å². The van der Waals surface area contributed by atoms with Crippen LogP contribution < -0.4 is 9.78 Å². The van der Waals surface area contributed by atoms with Gasteiger partial charge in [0, 0.05) is 0 Å². The third-order valence-corrected chi connectivity index (χ3v) is 8.54. The summed E-state index contributed by atoms with van der Waals surface area (Å²) in [6.45, 7) is 24.9. The van der Waals surface area contributed by atoms with Crippen LogP contribution in [0.5, 0.6) is 0 Å². The normalized spacial score (nSPS) is 13.9. The van der Waals surface area contributed by atoms with Crippen LogP contribution in [0.4, 0.5) is 0 Å². The molecule has 1 aromatic carbocycles. The summed E-state index contributed by atoms with van der Waals surface area (Å²) in [7, 11) is 0. The first kappa shape index (κ1) is 28.2. The standard InChI is InChI=1S/C28H49NOSe/c1-12-13-14-15-16-22(29-20(2)30)19-31-25-23(27(6,7)8)17-21(26(3,4)5)18-24(25)28(9,10)11/h17-18,22H,12-16,19H2,1-11H3,(H,29,30)/t22-/m1/s1. The first-order valence-corrected chi connectivity index (χ1v) is 14.2. The Morgan fingerprint density at radius 1 is 0.871 bits per heavy atom. The van der Waals surface area contributed by atoms with Gasteiger partial charge in [-0.15, -0.1) is 0 Å². The number of hydrogen-bond acceptors (Lipinski definition) is 1. The van der Waals surface area contributed by atoms with Gasteiger partial charge in [0.25, 0.3) is 0 Å². The Balaban J connectivity index is 3.35. The van der Waals surface area contributed by atoms with Gasteiger partial charge in [-0.1, -0.05) is 0 Å². The van der Waals surface area contributed by atoms with Crippen LogP contribution in [0.25, 0.3) is 0 Å². The molecule has 0 heterocycles. The second kappa shape index (κ2) is 11.4. The van der Waals surface area contributed by atoms with E-state index < -0.39 is 0 Å². The minimum atomic E-state index is 0.100. The summed E-state index contributed by atoms with van der Waals surface area (Å²) in [4.78, 5) is 11.9. The molecule has 0 aliphatic rings. The SMILES string of the molecule is CCCCCC[C@H](C[Se]c1c(C(C)(C)C)cc(C(C)(C)C)cc1C(C)(C)C)NC(C)=O. The van der Waals surface area contributed by atoms with E-state index in [1.807, 2.05) is 0 Å². The van der Waals surface area contributed by atoms with E-state index in [2.05, 4.69) is 86.7 Å². The quantitative estimate of drug-likeness (QED) is 0.297. The van der Waals surface area contributed by atoms with Gasteiger partial charge in [-0.2, -0.15) is 0 Å². The summed E-state index contributed by atoms with van der Waals surface area (Å²) in [5.74, 6) is 0.103. The van der Waals surface area contributed by atoms with Crippen molar-refractivity contribution in [2.75, 3.05) is 0 Å². The van der Waals surface area contributed by atoms with E-state index in [0.29, 0.717) is 15.0 Å². The molecule has 1 rings (SSSR count). The summed E-state index contributed by atoms with van der Waals surface area (Å²) in [5.41, 5.74) is 4.75. The van der Waals surface area contributed by atoms with E-state index >= 15 is 0 Å². The fourth-order valence-corrected chi connectivity index (χ4v) is 7.30. The third-order valence-electron chi connectivity index (χ3n) is 5.81. The molecule has 1 amide bonds. The molecular weight excluding hydrogens is 445 g/mol. The average Bonchev–Trinajstić information content (AvgIpc) is 2.59. The Labute approximate surface area is 199 Å². The van der Waals surface area contributed by atoms with E-state index in [9.17, 15) is 4.79 Å². The number of carbonyl (C=O) groups excluding carboxylic acids is 1. The predicted molar refractivity (Wildman–Crippen MR) is 139 cm³/mol. The molecule has 0 spiro atoms. The molecule has 1 atom stereocenters. The number of unbranched alkanes of at least 4 members (excludes halogenated alkanes) is 3. The minimum absolute atomic E-state index is 0.100. The van der Waals surface area contributed by atoms with Gasteiger partial charge in [0.15, 0.2) is 0 Å². The monoisotopic (exact) mass is 495 g/mol. The molecule has 0 unspecified atom stereocenters. The van der Waals surface area contributed by atoms with Crippen LogP contribution in [-0.2, 0) is 21.0 Å². The van der Waals surface area contributed by atoms with Gasteiger partial charge >= 0.3 is 200 Å². The molecule has 1 N–H and O–H groups in total. The number of nitrogens with one attached hydrogen (secondary N) is 1. The first-order valence-electron chi connectivity index (χ1n) is 12.2. The molecule has 0 aliphatic carbocycles. The molecule has 0 saturated carbocycles. The van der Waals surface area contributed by atoms with Crippen LogP contribution in [0, 0.1) is 0 Å². The second-order valence-corrected chi connectivity index (χ2v) is 14.4. The van der Waals surface area contributed by atoms with Crippen LogP contribution in [0.3, 0.4) is 0 Å². The van der Waals surface area contributed by atoms with E-state index in [-0.39, 0.29) is 28.2 Å². The van der Waals surface area contributed by atoms with Crippen molar-refractivity contribution in [3.8, 4) is 0 Å². The fraction of sp³-hybridized carbons (Fsp3) is 0.750. The van der Waals surface area contributed by atoms with E-state index in [1.54, 1.807) is 11.4 Å². The summed E-state index contributed by atoms with van der Waals surface area (Å²) in [6, 6.07) is 5.24. The molecule has 0 aromatic heterocycles. The topological polar surface area (TPSA) is 29.1 Å². The van der Waals surface area contributed by atoms with Gasteiger partial charge in [-0.05, 0) is 0 Å². The van der Waals surface area contributed by atoms with Gasteiger partial charge in [0.2, 0.25) is 0 Å². The van der Waals surface area contributed by atoms with Crippen molar-refractivity contribution < 1.29 is 4.79 Å². The number of amides is 1. The molecule has 0 radical (unpaired) electrons. The second-order valence-electron chi connectivity index (χ2n) is 12.2. The van der Waals surface area contributed by atoms with Crippen LogP contribution in [-0.4, -0.2) is 26.9 Å². The number of rotatable bonds is 9. The Hall–Kier alpha value is -0.791. The van der Waals surface area contributed by atoms with Crippen molar-refractivity contribution in [3.05, 3.63) is 28.8 Å². The number of hydrogen-bond donors (Lipinski definition) is 1. The van der Waals surface area contributed by atoms with Gasteiger partial charge < -0.3 is 0 Å². The molecule has 3 heteroatoms. The van der Waals surface area contributed by atoms with Gasteiger partial charge in [-0.25, -0.2) is 0 Å². The van der Waals surface area contributed by atoms with Crippen molar-refractivity contribution >= 4 is 25.3 Å².